The first-order chi connectivity index (χ1) is 20.5. The normalized spacial score (nSPS) is 11.3. The molecule has 5 heteroatoms. The largest absolute Gasteiger partial charge is 0.478 e. The summed E-state index contributed by atoms with van der Waals surface area (Å²) >= 11 is 0. The summed E-state index contributed by atoms with van der Waals surface area (Å²) < 4.78 is 5.43. The van der Waals surface area contributed by atoms with Crippen LogP contribution in [-0.4, -0.2) is 23.7 Å². The molecule has 0 fully saturated rings. The zero-order valence-corrected chi connectivity index (χ0v) is 24.2. The predicted molar refractivity (Wildman–Crippen MR) is 172 cm³/mol. The number of ether oxygens (including phenoxy) is 1. The van der Waals surface area contributed by atoms with Gasteiger partial charge in [-0.15, -0.1) is 0 Å². The Morgan fingerprint density at radius 1 is 0.714 bits per heavy atom. The third kappa shape index (κ3) is 6.74. The zero-order chi connectivity index (χ0) is 29.3. The molecule has 0 spiro atoms. The summed E-state index contributed by atoms with van der Waals surface area (Å²) in [6, 6.07) is 44.0. The van der Waals surface area contributed by atoms with E-state index < -0.39 is 19.9 Å². The third-order valence-electron chi connectivity index (χ3n) is 6.88. The first-order valence-corrected chi connectivity index (χ1v) is 15.2. The monoisotopic (exact) mass is 570 g/mol. The van der Waals surface area contributed by atoms with E-state index in [1.54, 1.807) is 19.1 Å². The molecule has 5 aromatic rings. The maximum absolute atomic E-state index is 13.2. The molecule has 0 aromatic heterocycles. The zero-order valence-electron chi connectivity index (χ0n) is 23.3. The van der Waals surface area contributed by atoms with Gasteiger partial charge in [0.25, 0.3) is 0 Å². The highest BCUT2D eigenvalue weighted by molar-refractivity contribution is 7.80. The molecular weight excluding hydrogens is 539 g/mol. The predicted octanol–water partition coefficient (Wildman–Crippen LogP) is 7.00. The second kappa shape index (κ2) is 13.7. The van der Waals surface area contributed by atoms with Crippen molar-refractivity contribution in [2.24, 2.45) is 0 Å². The average molecular weight is 571 g/mol. The van der Waals surface area contributed by atoms with Crippen LogP contribution < -0.4 is 15.9 Å². The molecule has 42 heavy (non-hydrogen) atoms. The maximum Gasteiger partial charge on any atom is 0.335 e. The van der Waals surface area contributed by atoms with Crippen LogP contribution >= 0.6 is 7.92 Å². The minimum absolute atomic E-state index is 0.169. The molecule has 208 valence electrons. The quantitative estimate of drug-likeness (QED) is 0.112. The van der Waals surface area contributed by atoms with Crippen molar-refractivity contribution < 1.29 is 19.4 Å². The van der Waals surface area contributed by atoms with E-state index >= 15 is 0 Å². The van der Waals surface area contributed by atoms with Gasteiger partial charge in [0, 0.05) is 12.0 Å². The highest BCUT2D eigenvalue weighted by Gasteiger charge is 2.23. The Hall–Kier alpha value is -4.79. The number of carboxylic acid groups (broad SMARTS) is 1. The van der Waals surface area contributed by atoms with Crippen LogP contribution in [0.3, 0.4) is 0 Å². The first-order valence-electron chi connectivity index (χ1n) is 13.8. The lowest BCUT2D eigenvalue weighted by Crippen LogP contribution is -2.22. The van der Waals surface area contributed by atoms with Crippen LogP contribution in [0, 0.1) is 0 Å². The molecule has 1 N–H and O–H groups in total. The van der Waals surface area contributed by atoms with Crippen LogP contribution in [0.4, 0.5) is 0 Å². The number of carboxylic acids is 1. The molecule has 5 aromatic carbocycles. The van der Waals surface area contributed by atoms with Gasteiger partial charge in [0.15, 0.2) is 0 Å². The summed E-state index contributed by atoms with van der Waals surface area (Å²) in [7, 11) is -0.924. The number of rotatable bonds is 10. The number of carbonyl (C=O) groups excluding carboxylic acids is 1. The van der Waals surface area contributed by atoms with Crippen molar-refractivity contribution in [3.63, 3.8) is 0 Å². The van der Waals surface area contributed by atoms with Crippen LogP contribution in [0.2, 0.25) is 0 Å². The minimum atomic E-state index is -1.02. The fraction of sp³-hybridized carbons (Fsp3) is 0.0811. The van der Waals surface area contributed by atoms with Gasteiger partial charge >= 0.3 is 11.9 Å². The lowest BCUT2D eigenvalue weighted by Gasteiger charge is -2.23. The van der Waals surface area contributed by atoms with Crippen molar-refractivity contribution in [2.75, 3.05) is 6.61 Å². The molecule has 0 amide bonds. The fourth-order valence-corrected chi connectivity index (χ4v) is 7.44. The van der Waals surface area contributed by atoms with Gasteiger partial charge < -0.3 is 9.84 Å². The Kier molecular flexibility index (Phi) is 9.38. The molecule has 0 aliphatic rings. The number of hydrogen-bond acceptors (Lipinski definition) is 3. The van der Waals surface area contributed by atoms with Crippen LogP contribution in [0.5, 0.6) is 0 Å². The van der Waals surface area contributed by atoms with E-state index in [2.05, 4.69) is 60.7 Å². The van der Waals surface area contributed by atoms with Gasteiger partial charge in [-0.2, -0.15) is 0 Å². The van der Waals surface area contributed by atoms with Gasteiger partial charge in [0.2, 0.25) is 0 Å². The van der Waals surface area contributed by atoms with Crippen LogP contribution in [0.25, 0.3) is 17.2 Å². The van der Waals surface area contributed by atoms with Gasteiger partial charge in [-0.3, -0.25) is 0 Å². The van der Waals surface area contributed by atoms with E-state index in [4.69, 9.17) is 4.74 Å². The van der Waals surface area contributed by atoms with E-state index in [1.807, 2.05) is 66.7 Å². The summed E-state index contributed by atoms with van der Waals surface area (Å²) in [5.41, 5.74) is 4.13. The molecule has 0 saturated carbocycles. The van der Waals surface area contributed by atoms with E-state index in [0.29, 0.717) is 5.57 Å². The Morgan fingerprint density at radius 2 is 1.29 bits per heavy atom. The molecule has 5 rings (SSSR count). The third-order valence-corrected chi connectivity index (χ3v) is 9.38. The molecule has 0 radical (unpaired) electrons. The van der Waals surface area contributed by atoms with Crippen molar-refractivity contribution >= 4 is 41.8 Å². The minimum Gasteiger partial charge on any atom is -0.478 e. The van der Waals surface area contributed by atoms with Crippen LogP contribution in [0.1, 0.15) is 28.4 Å². The Bertz CT molecular complexity index is 1660. The van der Waals surface area contributed by atoms with Crippen LogP contribution in [-0.2, 0) is 16.0 Å². The van der Waals surface area contributed by atoms with Crippen molar-refractivity contribution in [2.45, 2.75) is 13.3 Å². The molecule has 0 bridgehead atoms. The number of aromatic carboxylic acids is 1. The van der Waals surface area contributed by atoms with Crippen molar-refractivity contribution in [3.05, 3.63) is 156 Å². The van der Waals surface area contributed by atoms with E-state index in [1.165, 1.54) is 10.6 Å². The number of benzene rings is 5. The highest BCUT2D eigenvalue weighted by atomic mass is 31.1. The number of carbonyl (C=O) groups is 2. The smallest absolute Gasteiger partial charge is 0.335 e. The van der Waals surface area contributed by atoms with Gasteiger partial charge in [-0.25, -0.2) is 9.59 Å². The molecular formula is C37H31O4P. The average Bonchev–Trinajstić information content (AvgIpc) is 3.03. The maximum atomic E-state index is 13.2. The van der Waals surface area contributed by atoms with Gasteiger partial charge in [0.05, 0.1) is 12.2 Å². The lowest BCUT2D eigenvalue weighted by molar-refractivity contribution is -0.138. The molecule has 4 nitrogen and oxygen atoms in total. The number of hydrogen-bond donors (Lipinski definition) is 1. The van der Waals surface area contributed by atoms with E-state index in [-0.39, 0.29) is 18.6 Å². The summed E-state index contributed by atoms with van der Waals surface area (Å²) in [6.07, 6.45) is 2.04. The van der Waals surface area contributed by atoms with Crippen molar-refractivity contribution in [3.8, 4) is 11.1 Å². The molecule has 0 saturated heterocycles. The molecule has 0 atom stereocenters. The summed E-state index contributed by atoms with van der Waals surface area (Å²) in [4.78, 5) is 25.2. The standard InChI is InChI=1S/C37H31O4P/c1-2-41-37(40)30(24-27-14-6-3-7-15-27)26-29-25-28(36(38)39)22-23-33(29)34-20-12-13-21-35(34)42(31-16-8-4-9-17-31)32-18-10-5-11-19-32/h3-25H,2,26H2,1H3,(H,38,39). The molecule has 0 aliphatic heterocycles. The molecule has 0 unspecified atom stereocenters. The topological polar surface area (TPSA) is 63.6 Å². The summed E-state index contributed by atoms with van der Waals surface area (Å²) in [6.45, 7) is 2.02. The summed E-state index contributed by atoms with van der Waals surface area (Å²) in [5, 5.41) is 13.5. The van der Waals surface area contributed by atoms with Crippen LogP contribution in [0.15, 0.2) is 139 Å². The fourth-order valence-electron chi connectivity index (χ4n) is 4.98. The van der Waals surface area contributed by atoms with Gasteiger partial charge in [0.1, 0.15) is 0 Å². The Morgan fingerprint density at radius 3 is 1.88 bits per heavy atom. The molecule has 0 aliphatic carbocycles. The Balaban J connectivity index is 1.69. The highest BCUT2D eigenvalue weighted by Crippen LogP contribution is 2.38. The van der Waals surface area contributed by atoms with Gasteiger partial charge in [-0.05, 0) is 71.2 Å². The van der Waals surface area contributed by atoms with Crippen molar-refractivity contribution in [1.29, 1.82) is 0 Å². The van der Waals surface area contributed by atoms with E-state index in [0.717, 1.165) is 27.6 Å². The second-order valence-electron chi connectivity index (χ2n) is 9.68. The van der Waals surface area contributed by atoms with Crippen molar-refractivity contribution in [1.82, 2.24) is 0 Å². The molecule has 0 heterocycles. The van der Waals surface area contributed by atoms with Gasteiger partial charge in [-0.1, -0.05) is 121 Å². The van der Waals surface area contributed by atoms with E-state index in [9.17, 15) is 14.7 Å². The lowest BCUT2D eigenvalue weighted by atomic mass is 9.92. The summed E-state index contributed by atoms with van der Waals surface area (Å²) in [5.74, 6) is -1.44. The SMILES string of the molecule is CCOC(=O)C(=Cc1ccccc1)Cc1cc(C(=O)O)ccc1-c1ccccc1P(c1ccccc1)c1ccccc1. The Labute approximate surface area is 247 Å². The number of esters is 1. The second-order valence-corrected chi connectivity index (χ2v) is 11.9. The first kappa shape index (κ1) is 28.7.